The van der Waals surface area contributed by atoms with Crippen LogP contribution < -0.4 is 5.32 Å². The predicted molar refractivity (Wildman–Crippen MR) is 76.8 cm³/mol. The van der Waals surface area contributed by atoms with Crippen LogP contribution in [0.5, 0.6) is 0 Å². The fraction of sp³-hybridized carbons (Fsp3) is 0.500. The van der Waals surface area contributed by atoms with E-state index in [9.17, 15) is 9.59 Å². The van der Waals surface area contributed by atoms with Crippen molar-refractivity contribution in [1.29, 1.82) is 0 Å². The topological polar surface area (TPSA) is 66.4 Å². The molecule has 0 saturated heterocycles. The molecule has 1 fully saturated rings. The van der Waals surface area contributed by atoms with Gasteiger partial charge in [-0.1, -0.05) is 26.0 Å². The molecule has 1 aliphatic rings. The minimum atomic E-state index is -1.07. The Morgan fingerprint density at radius 2 is 1.75 bits per heavy atom. The van der Waals surface area contributed by atoms with Gasteiger partial charge in [0, 0.05) is 6.04 Å². The van der Waals surface area contributed by atoms with Crippen LogP contribution in [0.1, 0.15) is 53.8 Å². The highest BCUT2D eigenvalue weighted by molar-refractivity contribution is 6.04. The van der Waals surface area contributed by atoms with Gasteiger partial charge in [-0.05, 0) is 43.2 Å². The fourth-order valence-corrected chi connectivity index (χ4v) is 2.81. The number of aromatic carboxylic acids is 1. The summed E-state index contributed by atoms with van der Waals surface area (Å²) in [6.45, 7) is 4.44. The Kier molecular flexibility index (Phi) is 4.42. The van der Waals surface area contributed by atoms with E-state index in [4.69, 9.17) is 5.11 Å². The number of rotatable bonds is 3. The van der Waals surface area contributed by atoms with Crippen LogP contribution in [0.15, 0.2) is 24.3 Å². The van der Waals surface area contributed by atoms with Gasteiger partial charge in [0.2, 0.25) is 0 Å². The second kappa shape index (κ2) is 6.07. The molecule has 3 atom stereocenters. The first kappa shape index (κ1) is 14.6. The normalized spacial score (nSPS) is 26.0. The predicted octanol–water partition coefficient (Wildman–Crippen LogP) is 2.94. The van der Waals surface area contributed by atoms with Gasteiger partial charge in [-0.2, -0.15) is 0 Å². The second-order valence-corrected chi connectivity index (χ2v) is 5.79. The van der Waals surface area contributed by atoms with E-state index in [0.717, 1.165) is 19.3 Å². The second-order valence-electron chi connectivity index (χ2n) is 5.79. The van der Waals surface area contributed by atoms with Crippen molar-refractivity contribution in [2.24, 2.45) is 11.8 Å². The van der Waals surface area contributed by atoms with E-state index < -0.39 is 5.97 Å². The van der Waals surface area contributed by atoms with E-state index in [2.05, 4.69) is 19.2 Å². The molecule has 1 aliphatic carbocycles. The van der Waals surface area contributed by atoms with Crippen LogP contribution in [0.25, 0.3) is 0 Å². The first-order valence-electron chi connectivity index (χ1n) is 7.12. The van der Waals surface area contributed by atoms with Gasteiger partial charge in [0.05, 0.1) is 11.1 Å². The Bertz CT molecular complexity index is 512. The summed E-state index contributed by atoms with van der Waals surface area (Å²) in [6.07, 6.45) is 3.03. The molecule has 1 saturated carbocycles. The van der Waals surface area contributed by atoms with E-state index in [1.807, 2.05) is 0 Å². The Hall–Kier alpha value is -1.84. The van der Waals surface area contributed by atoms with Gasteiger partial charge in [-0.3, -0.25) is 4.79 Å². The fourth-order valence-electron chi connectivity index (χ4n) is 2.81. The molecule has 20 heavy (non-hydrogen) atoms. The first-order valence-corrected chi connectivity index (χ1v) is 7.12. The van der Waals surface area contributed by atoms with Crippen LogP contribution in [-0.4, -0.2) is 23.0 Å². The number of benzene rings is 1. The van der Waals surface area contributed by atoms with Crippen molar-refractivity contribution >= 4 is 11.9 Å². The Morgan fingerprint density at radius 3 is 2.35 bits per heavy atom. The van der Waals surface area contributed by atoms with Crippen molar-refractivity contribution in [3.63, 3.8) is 0 Å². The largest absolute Gasteiger partial charge is 0.478 e. The van der Waals surface area contributed by atoms with Gasteiger partial charge in [0.25, 0.3) is 5.91 Å². The number of carbonyl (C=O) groups excluding carboxylic acids is 1. The highest BCUT2D eigenvalue weighted by atomic mass is 16.4. The third-order valence-corrected chi connectivity index (χ3v) is 4.34. The lowest BCUT2D eigenvalue weighted by Gasteiger charge is -2.32. The number of hydrogen-bond donors (Lipinski definition) is 2. The van der Waals surface area contributed by atoms with Crippen LogP contribution in [0.2, 0.25) is 0 Å². The Labute approximate surface area is 119 Å². The summed E-state index contributed by atoms with van der Waals surface area (Å²) in [5, 5.41) is 12.1. The number of carboxylic acids is 1. The molecule has 3 unspecified atom stereocenters. The zero-order valence-corrected chi connectivity index (χ0v) is 11.9. The van der Waals surface area contributed by atoms with Crippen molar-refractivity contribution in [2.75, 3.05) is 0 Å². The van der Waals surface area contributed by atoms with Crippen molar-refractivity contribution in [3.8, 4) is 0 Å². The summed E-state index contributed by atoms with van der Waals surface area (Å²) in [5.74, 6) is -0.0747. The molecule has 0 aromatic heterocycles. The highest BCUT2D eigenvalue weighted by Gasteiger charge is 2.26. The van der Waals surface area contributed by atoms with Crippen LogP contribution in [0.4, 0.5) is 0 Å². The molecule has 1 aromatic rings. The number of hydrogen-bond acceptors (Lipinski definition) is 2. The SMILES string of the molecule is CC1CCC(NC(=O)c2ccccc2C(=O)O)CC1C. The number of amides is 1. The molecule has 4 nitrogen and oxygen atoms in total. The van der Waals surface area contributed by atoms with Crippen LogP contribution >= 0.6 is 0 Å². The standard InChI is InChI=1S/C16H21NO3/c1-10-7-8-12(9-11(10)2)17-15(18)13-5-3-4-6-14(13)16(19)20/h3-6,10-12H,7-9H2,1-2H3,(H,17,18)(H,19,20). The lowest BCUT2D eigenvalue weighted by atomic mass is 9.79. The van der Waals surface area contributed by atoms with Gasteiger partial charge in [-0.15, -0.1) is 0 Å². The minimum absolute atomic E-state index is 0.0576. The Balaban J connectivity index is 2.07. The molecule has 2 rings (SSSR count). The summed E-state index contributed by atoms with van der Waals surface area (Å²) in [7, 11) is 0. The molecule has 2 N–H and O–H groups in total. The molecule has 0 heterocycles. The van der Waals surface area contributed by atoms with Crippen LogP contribution in [0, 0.1) is 11.8 Å². The maximum atomic E-state index is 12.3. The molecular weight excluding hydrogens is 254 g/mol. The number of nitrogens with one attached hydrogen (secondary N) is 1. The zero-order chi connectivity index (χ0) is 14.7. The van der Waals surface area contributed by atoms with Crippen molar-refractivity contribution in [3.05, 3.63) is 35.4 Å². The highest BCUT2D eigenvalue weighted by Crippen LogP contribution is 2.29. The molecule has 1 amide bonds. The summed E-state index contributed by atoms with van der Waals surface area (Å²) in [4.78, 5) is 23.4. The molecule has 108 valence electrons. The molecule has 0 radical (unpaired) electrons. The smallest absolute Gasteiger partial charge is 0.336 e. The molecular formula is C16H21NO3. The summed E-state index contributed by atoms with van der Waals surface area (Å²) in [6, 6.07) is 6.49. The third kappa shape index (κ3) is 3.18. The van der Waals surface area contributed by atoms with Gasteiger partial charge < -0.3 is 10.4 Å². The zero-order valence-electron chi connectivity index (χ0n) is 11.9. The van der Waals surface area contributed by atoms with Crippen LogP contribution in [0.3, 0.4) is 0 Å². The Morgan fingerprint density at radius 1 is 1.10 bits per heavy atom. The van der Waals surface area contributed by atoms with E-state index in [1.54, 1.807) is 18.2 Å². The molecule has 0 spiro atoms. The quantitative estimate of drug-likeness (QED) is 0.891. The molecule has 1 aromatic carbocycles. The minimum Gasteiger partial charge on any atom is -0.478 e. The van der Waals surface area contributed by atoms with Crippen molar-refractivity contribution in [1.82, 2.24) is 5.32 Å². The average molecular weight is 275 g/mol. The van der Waals surface area contributed by atoms with E-state index in [0.29, 0.717) is 11.8 Å². The van der Waals surface area contributed by atoms with Crippen molar-refractivity contribution < 1.29 is 14.7 Å². The van der Waals surface area contributed by atoms with Gasteiger partial charge in [-0.25, -0.2) is 4.79 Å². The van der Waals surface area contributed by atoms with Crippen molar-refractivity contribution in [2.45, 2.75) is 39.2 Å². The summed E-state index contributed by atoms with van der Waals surface area (Å²) < 4.78 is 0. The van der Waals surface area contributed by atoms with Gasteiger partial charge in [0.1, 0.15) is 0 Å². The molecule has 0 aliphatic heterocycles. The molecule has 0 bridgehead atoms. The average Bonchev–Trinajstić information content (AvgIpc) is 2.43. The van der Waals surface area contributed by atoms with Gasteiger partial charge >= 0.3 is 5.97 Å². The lowest BCUT2D eigenvalue weighted by Crippen LogP contribution is -2.40. The first-order chi connectivity index (χ1) is 9.49. The monoisotopic (exact) mass is 275 g/mol. The summed E-state index contributed by atoms with van der Waals surface area (Å²) >= 11 is 0. The maximum Gasteiger partial charge on any atom is 0.336 e. The number of carbonyl (C=O) groups is 2. The molecule has 4 heteroatoms. The maximum absolute atomic E-state index is 12.3. The van der Waals surface area contributed by atoms with E-state index in [-0.39, 0.29) is 23.1 Å². The van der Waals surface area contributed by atoms with Gasteiger partial charge in [0.15, 0.2) is 0 Å². The lowest BCUT2D eigenvalue weighted by molar-refractivity contribution is 0.0689. The van der Waals surface area contributed by atoms with E-state index in [1.165, 1.54) is 6.07 Å². The number of carboxylic acid groups (broad SMARTS) is 1. The third-order valence-electron chi connectivity index (χ3n) is 4.34. The van der Waals surface area contributed by atoms with Crippen LogP contribution in [-0.2, 0) is 0 Å². The van der Waals surface area contributed by atoms with E-state index >= 15 is 0 Å². The summed E-state index contributed by atoms with van der Waals surface area (Å²) in [5.41, 5.74) is 0.300.